The Bertz CT molecular complexity index is 396. The van der Waals surface area contributed by atoms with Crippen molar-refractivity contribution in [3.8, 4) is 11.5 Å². The highest BCUT2D eigenvalue weighted by Gasteiger charge is 2.16. The van der Waals surface area contributed by atoms with E-state index in [1.807, 2.05) is 0 Å². The molecule has 1 fully saturated rings. The van der Waals surface area contributed by atoms with E-state index in [0.29, 0.717) is 0 Å². The van der Waals surface area contributed by atoms with Crippen LogP contribution in [0.15, 0.2) is 18.2 Å². The largest absolute Gasteiger partial charge is 0.508 e. The van der Waals surface area contributed by atoms with Gasteiger partial charge in [0, 0.05) is 25.2 Å². The van der Waals surface area contributed by atoms with E-state index in [4.69, 9.17) is 0 Å². The molecule has 1 heterocycles. The van der Waals surface area contributed by atoms with Crippen LogP contribution in [-0.4, -0.2) is 53.2 Å². The van der Waals surface area contributed by atoms with E-state index in [9.17, 15) is 10.2 Å². The first-order chi connectivity index (χ1) is 9.06. The fraction of sp³-hybridized carbons (Fsp3) is 0.600. The molecule has 19 heavy (non-hydrogen) atoms. The number of phenols is 2. The van der Waals surface area contributed by atoms with Crippen molar-refractivity contribution in [2.45, 2.75) is 25.8 Å². The molecule has 1 aromatic rings. The highest BCUT2D eigenvalue weighted by atomic mass is 16.3. The number of hydrogen-bond acceptors (Lipinski definition) is 4. The maximum absolute atomic E-state index is 9.54. The van der Waals surface area contributed by atoms with Crippen molar-refractivity contribution in [2.75, 3.05) is 33.2 Å². The molecule has 2 rings (SSSR count). The molecule has 0 aliphatic carbocycles. The summed E-state index contributed by atoms with van der Waals surface area (Å²) in [6.07, 6.45) is 2.64. The summed E-state index contributed by atoms with van der Waals surface area (Å²) in [5.41, 5.74) is 0.946. The minimum absolute atomic E-state index is 0.120. The van der Waals surface area contributed by atoms with Gasteiger partial charge >= 0.3 is 0 Å². The minimum Gasteiger partial charge on any atom is -0.508 e. The van der Waals surface area contributed by atoms with Crippen molar-refractivity contribution in [3.63, 3.8) is 0 Å². The van der Waals surface area contributed by atoms with Crippen LogP contribution in [0.4, 0.5) is 0 Å². The zero-order valence-corrected chi connectivity index (χ0v) is 11.8. The lowest BCUT2D eigenvalue weighted by molar-refractivity contribution is 0.216. The Morgan fingerprint density at radius 3 is 2.32 bits per heavy atom. The summed E-state index contributed by atoms with van der Waals surface area (Å²) in [5.74, 6) is 0.240. The Hall–Kier alpha value is -1.26. The first-order valence-electron chi connectivity index (χ1n) is 7.02. The Balaban J connectivity index is 1.91. The number of benzene rings is 1. The highest BCUT2D eigenvalue weighted by Crippen LogP contribution is 2.27. The van der Waals surface area contributed by atoms with E-state index < -0.39 is 0 Å². The number of aromatic hydroxyl groups is 2. The number of rotatable bonds is 5. The summed E-state index contributed by atoms with van der Waals surface area (Å²) in [4.78, 5) is 4.75. The molecule has 0 radical (unpaired) electrons. The second-order valence-electron chi connectivity index (χ2n) is 5.49. The number of likely N-dealkylation sites (tertiary alicyclic amines) is 1. The molecule has 1 aliphatic heterocycles. The first-order valence-corrected chi connectivity index (χ1v) is 7.02. The van der Waals surface area contributed by atoms with Gasteiger partial charge in [-0.3, -0.25) is 4.90 Å². The van der Waals surface area contributed by atoms with Gasteiger partial charge in [0.05, 0.1) is 0 Å². The molecular weight excluding hydrogens is 240 g/mol. The predicted octanol–water partition coefficient (Wildman–Crippen LogP) is 2.19. The van der Waals surface area contributed by atoms with Crippen LogP contribution in [0.1, 0.15) is 31.4 Å². The maximum Gasteiger partial charge on any atom is 0.119 e. The Morgan fingerprint density at radius 2 is 1.74 bits per heavy atom. The van der Waals surface area contributed by atoms with E-state index in [2.05, 4.69) is 23.8 Å². The minimum atomic E-state index is 0.120. The van der Waals surface area contributed by atoms with Gasteiger partial charge in [-0.15, -0.1) is 0 Å². The van der Waals surface area contributed by atoms with E-state index in [1.165, 1.54) is 32.0 Å². The summed E-state index contributed by atoms with van der Waals surface area (Å²) in [6.45, 7) is 6.62. The van der Waals surface area contributed by atoms with Crippen LogP contribution in [0.5, 0.6) is 11.5 Å². The van der Waals surface area contributed by atoms with E-state index in [0.717, 1.165) is 18.7 Å². The Labute approximate surface area is 115 Å². The second-order valence-corrected chi connectivity index (χ2v) is 5.49. The topological polar surface area (TPSA) is 46.9 Å². The molecule has 2 N–H and O–H groups in total. The molecule has 4 heteroatoms. The molecule has 1 atom stereocenters. The van der Waals surface area contributed by atoms with Gasteiger partial charge in [-0.1, -0.05) is 0 Å². The number of hydrogen-bond donors (Lipinski definition) is 2. The summed E-state index contributed by atoms with van der Waals surface area (Å²) in [6, 6.07) is 4.98. The van der Waals surface area contributed by atoms with Gasteiger partial charge in [-0.2, -0.15) is 0 Å². The maximum atomic E-state index is 9.54. The van der Waals surface area contributed by atoms with Gasteiger partial charge in [0.25, 0.3) is 0 Å². The van der Waals surface area contributed by atoms with Gasteiger partial charge in [-0.25, -0.2) is 0 Å². The summed E-state index contributed by atoms with van der Waals surface area (Å²) in [5, 5.41) is 19.1. The third-order valence-corrected chi connectivity index (χ3v) is 4.04. The zero-order valence-electron chi connectivity index (χ0n) is 11.8. The third-order valence-electron chi connectivity index (χ3n) is 4.04. The van der Waals surface area contributed by atoms with Gasteiger partial charge in [-0.05, 0) is 57.6 Å². The molecule has 0 saturated carbocycles. The van der Waals surface area contributed by atoms with Crippen LogP contribution in [0.25, 0.3) is 0 Å². The summed E-state index contributed by atoms with van der Waals surface area (Å²) >= 11 is 0. The van der Waals surface area contributed by atoms with Crippen molar-refractivity contribution in [1.82, 2.24) is 9.80 Å². The van der Waals surface area contributed by atoms with Crippen LogP contribution in [0, 0.1) is 0 Å². The molecule has 1 saturated heterocycles. The smallest absolute Gasteiger partial charge is 0.119 e. The third kappa shape index (κ3) is 3.85. The van der Waals surface area contributed by atoms with E-state index in [-0.39, 0.29) is 17.5 Å². The van der Waals surface area contributed by atoms with Gasteiger partial charge in [0.15, 0.2) is 0 Å². The molecule has 4 nitrogen and oxygen atoms in total. The molecule has 1 aromatic carbocycles. The van der Waals surface area contributed by atoms with E-state index >= 15 is 0 Å². The van der Waals surface area contributed by atoms with Gasteiger partial charge in [0.1, 0.15) is 11.5 Å². The fourth-order valence-corrected chi connectivity index (χ4v) is 2.61. The molecule has 0 spiro atoms. The monoisotopic (exact) mass is 264 g/mol. The number of likely N-dealkylation sites (N-methyl/N-ethyl adjacent to an activating group) is 1. The van der Waals surface area contributed by atoms with Crippen LogP contribution in [0.2, 0.25) is 0 Å². The summed E-state index contributed by atoms with van der Waals surface area (Å²) < 4.78 is 0. The first kappa shape index (κ1) is 14.2. The van der Waals surface area contributed by atoms with Crippen LogP contribution in [0.3, 0.4) is 0 Å². The van der Waals surface area contributed by atoms with Gasteiger partial charge < -0.3 is 15.1 Å². The molecule has 0 aromatic heterocycles. The normalized spacial score (nSPS) is 18.1. The lowest BCUT2D eigenvalue weighted by atomic mass is 10.1. The Morgan fingerprint density at radius 1 is 1.16 bits per heavy atom. The van der Waals surface area contributed by atoms with Crippen molar-refractivity contribution >= 4 is 0 Å². The molecule has 106 valence electrons. The van der Waals surface area contributed by atoms with Crippen molar-refractivity contribution in [3.05, 3.63) is 23.8 Å². The average molecular weight is 264 g/mol. The SMILES string of the molecule is CC(c1cc(O)cc(O)c1)N(C)CCN1CCCC1. The lowest BCUT2D eigenvalue weighted by Crippen LogP contribution is -2.32. The average Bonchev–Trinajstić information content (AvgIpc) is 2.87. The number of nitrogens with zero attached hydrogens (tertiary/aromatic N) is 2. The van der Waals surface area contributed by atoms with Crippen molar-refractivity contribution < 1.29 is 10.2 Å². The number of phenolic OH excluding ortho intramolecular Hbond substituents is 2. The van der Waals surface area contributed by atoms with Crippen LogP contribution >= 0.6 is 0 Å². The lowest BCUT2D eigenvalue weighted by Gasteiger charge is -2.27. The molecule has 1 unspecified atom stereocenters. The van der Waals surface area contributed by atoms with Crippen molar-refractivity contribution in [1.29, 1.82) is 0 Å². The van der Waals surface area contributed by atoms with Crippen LogP contribution in [-0.2, 0) is 0 Å². The second kappa shape index (κ2) is 6.26. The van der Waals surface area contributed by atoms with Gasteiger partial charge in [0.2, 0.25) is 0 Å². The van der Waals surface area contributed by atoms with Crippen LogP contribution < -0.4 is 0 Å². The predicted molar refractivity (Wildman–Crippen MR) is 76.5 cm³/mol. The van der Waals surface area contributed by atoms with E-state index in [1.54, 1.807) is 12.1 Å². The molecule has 0 amide bonds. The standard InChI is InChI=1S/C15H24N2O2/c1-12(13-9-14(18)11-15(19)10-13)16(2)7-8-17-5-3-4-6-17/h9-12,18-19H,3-8H2,1-2H3. The van der Waals surface area contributed by atoms with Crippen molar-refractivity contribution in [2.24, 2.45) is 0 Å². The molecular formula is C15H24N2O2. The Kier molecular flexibility index (Phi) is 4.66. The summed E-state index contributed by atoms with van der Waals surface area (Å²) in [7, 11) is 2.09. The molecule has 1 aliphatic rings. The zero-order chi connectivity index (χ0) is 13.8. The highest BCUT2D eigenvalue weighted by molar-refractivity contribution is 5.37. The molecule has 0 bridgehead atoms. The quantitative estimate of drug-likeness (QED) is 0.856. The fourth-order valence-electron chi connectivity index (χ4n) is 2.61.